The third kappa shape index (κ3) is 3.06. The van der Waals surface area contributed by atoms with Crippen molar-refractivity contribution in [2.45, 2.75) is 18.7 Å². The van der Waals surface area contributed by atoms with Crippen LogP contribution >= 0.6 is 0 Å². The van der Waals surface area contributed by atoms with Crippen LogP contribution in [0.4, 0.5) is 5.95 Å². The first kappa shape index (κ1) is 17.0. The van der Waals surface area contributed by atoms with Gasteiger partial charge in [-0.2, -0.15) is 4.98 Å². The molecule has 1 fully saturated rings. The molecule has 0 aliphatic carbocycles. The third-order valence-corrected chi connectivity index (χ3v) is 7.00. The Balaban J connectivity index is 1.48. The van der Waals surface area contributed by atoms with Crippen molar-refractivity contribution in [3.8, 4) is 11.1 Å². The first-order chi connectivity index (χ1) is 12.5. The van der Waals surface area contributed by atoms with E-state index in [0.717, 1.165) is 28.9 Å². The smallest absolute Gasteiger partial charge is 0.240 e. The van der Waals surface area contributed by atoms with E-state index in [4.69, 9.17) is 5.73 Å². The van der Waals surface area contributed by atoms with Gasteiger partial charge in [-0.1, -0.05) is 31.2 Å². The molecule has 1 aromatic carbocycles. The molecular formula is C18H21N5O2S. The monoisotopic (exact) mass is 371 g/mol. The van der Waals surface area contributed by atoms with Crippen LogP contribution in [-0.4, -0.2) is 52.0 Å². The maximum Gasteiger partial charge on any atom is 0.240 e. The summed E-state index contributed by atoms with van der Waals surface area (Å²) in [6, 6.07) is 12.2. The fourth-order valence-corrected chi connectivity index (χ4v) is 4.66. The first-order valence-corrected chi connectivity index (χ1v) is 10.3. The summed E-state index contributed by atoms with van der Waals surface area (Å²) in [5.41, 5.74) is 9.61. The molecule has 1 aliphatic rings. The molecular weight excluding hydrogens is 350 g/mol. The summed E-state index contributed by atoms with van der Waals surface area (Å²) < 4.78 is 25.4. The van der Waals surface area contributed by atoms with E-state index < -0.39 is 9.84 Å². The van der Waals surface area contributed by atoms with Crippen molar-refractivity contribution in [3.05, 3.63) is 48.2 Å². The van der Waals surface area contributed by atoms with Gasteiger partial charge in [0.05, 0.1) is 5.25 Å². The predicted molar refractivity (Wildman–Crippen MR) is 101 cm³/mol. The Hall–Kier alpha value is -2.45. The van der Waals surface area contributed by atoms with Crippen LogP contribution in [0.3, 0.4) is 0 Å². The maximum absolute atomic E-state index is 11.8. The molecule has 3 aromatic rings. The SMILES string of the molecule is CCS(=O)(=O)C1CN(Cc2ccc(-c3cccn4nc(N)nc34)cc2)C1. The van der Waals surface area contributed by atoms with Gasteiger partial charge in [0.1, 0.15) is 0 Å². The van der Waals surface area contributed by atoms with E-state index in [2.05, 4.69) is 39.2 Å². The molecule has 0 atom stereocenters. The molecule has 2 aromatic heterocycles. The van der Waals surface area contributed by atoms with Gasteiger partial charge in [0.25, 0.3) is 0 Å². The van der Waals surface area contributed by atoms with Gasteiger partial charge in [-0.25, -0.2) is 12.9 Å². The Morgan fingerprint density at radius 3 is 2.62 bits per heavy atom. The predicted octanol–water partition coefficient (Wildman–Crippen LogP) is 1.60. The molecule has 0 radical (unpaired) electrons. The highest BCUT2D eigenvalue weighted by Crippen LogP contribution is 2.25. The number of nitrogens with two attached hydrogens (primary N) is 1. The normalized spacial score (nSPS) is 16.0. The van der Waals surface area contributed by atoms with Gasteiger partial charge in [0.15, 0.2) is 15.5 Å². The Labute approximate surface area is 152 Å². The number of rotatable bonds is 5. The van der Waals surface area contributed by atoms with E-state index in [1.54, 1.807) is 11.4 Å². The molecule has 0 bridgehead atoms. The zero-order valence-corrected chi connectivity index (χ0v) is 15.4. The van der Waals surface area contributed by atoms with Crippen molar-refractivity contribution in [2.75, 3.05) is 24.6 Å². The Bertz CT molecular complexity index is 1040. The number of nitrogen functional groups attached to an aromatic ring is 1. The molecule has 3 heterocycles. The van der Waals surface area contributed by atoms with Crippen LogP contribution in [0.25, 0.3) is 16.8 Å². The van der Waals surface area contributed by atoms with E-state index in [1.807, 2.05) is 18.3 Å². The number of benzene rings is 1. The minimum absolute atomic E-state index is 0.206. The fourth-order valence-electron chi connectivity index (χ4n) is 3.31. The van der Waals surface area contributed by atoms with E-state index in [9.17, 15) is 8.42 Å². The number of hydrogen-bond acceptors (Lipinski definition) is 6. The van der Waals surface area contributed by atoms with Crippen molar-refractivity contribution in [1.82, 2.24) is 19.5 Å². The molecule has 8 heteroatoms. The second-order valence-electron chi connectivity index (χ2n) is 6.62. The molecule has 1 aliphatic heterocycles. The summed E-state index contributed by atoms with van der Waals surface area (Å²) in [6.45, 7) is 3.71. The highest BCUT2D eigenvalue weighted by molar-refractivity contribution is 7.92. The molecule has 7 nitrogen and oxygen atoms in total. The highest BCUT2D eigenvalue weighted by atomic mass is 32.2. The van der Waals surface area contributed by atoms with Gasteiger partial charge in [-0.3, -0.25) is 4.90 Å². The van der Waals surface area contributed by atoms with Gasteiger partial charge in [-0.05, 0) is 23.3 Å². The van der Waals surface area contributed by atoms with Crippen LogP contribution in [0.2, 0.25) is 0 Å². The molecule has 26 heavy (non-hydrogen) atoms. The summed E-state index contributed by atoms with van der Waals surface area (Å²) in [5, 5.41) is 3.93. The maximum atomic E-state index is 11.8. The van der Waals surface area contributed by atoms with Gasteiger partial charge >= 0.3 is 0 Å². The lowest BCUT2D eigenvalue weighted by Crippen LogP contribution is -2.54. The Morgan fingerprint density at radius 1 is 1.19 bits per heavy atom. The molecule has 4 rings (SSSR count). The second-order valence-corrected chi connectivity index (χ2v) is 9.19. The standard InChI is InChI=1S/C18H21N5O2S/c1-2-26(24,25)15-11-22(12-15)10-13-5-7-14(8-6-13)16-4-3-9-23-17(16)20-18(19)21-23/h3-9,15H,2,10-12H2,1H3,(H2,19,21). The molecule has 0 amide bonds. The van der Waals surface area contributed by atoms with Crippen LogP contribution < -0.4 is 5.73 Å². The van der Waals surface area contributed by atoms with Gasteiger partial charge in [-0.15, -0.1) is 5.10 Å². The van der Waals surface area contributed by atoms with Crippen molar-refractivity contribution in [3.63, 3.8) is 0 Å². The van der Waals surface area contributed by atoms with Crippen LogP contribution in [0, 0.1) is 0 Å². The highest BCUT2D eigenvalue weighted by Gasteiger charge is 2.35. The quantitative estimate of drug-likeness (QED) is 0.732. The lowest BCUT2D eigenvalue weighted by Gasteiger charge is -2.38. The average Bonchev–Trinajstić information content (AvgIpc) is 2.98. The van der Waals surface area contributed by atoms with Crippen LogP contribution in [0.5, 0.6) is 0 Å². The minimum atomic E-state index is -2.92. The number of likely N-dealkylation sites (tertiary alicyclic amines) is 1. The molecule has 2 N–H and O–H groups in total. The zero-order chi connectivity index (χ0) is 18.3. The van der Waals surface area contributed by atoms with Crippen LogP contribution in [0.1, 0.15) is 12.5 Å². The summed E-state index contributed by atoms with van der Waals surface area (Å²) in [4.78, 5) is 6.45. The third-order valence-electron chi connectivity index (χ3n) is 4.88. The minimum Gasteiger partial charge on any atom is -0.366 e. The lowest BCUT2D eigenvalue weighted by atomic mass is 10.0. The van der Waals surface area contributed by atoms with E-state index in [-0.39, 0.29) is 17.0 Å². The summed E-state index contributed by atoms with van der Waals surface area (Å²) in [7, 11) is -2.92. The second kappa shape index (κ2) is 6.37. The Morgan fingerprint density at radius 2 is 1.92 bits per heavy atom. The average molecular weight is 371 g/mol. The number of hydrogen-bond donors (Lipinski definition) is 1. The zero-order valence-electron chi connectivity index (χ0n) is 14.5. The largest absolute Gasteiger partial charge is 0.366 e. The molecule has 0 unspecified atom stereocenters. The van der Waals surface area contributed by atoms with Crippen molar-refractivity contribution >= 4 is 21.4 Å². The van der Waals surface area contributed by atoms with Crippen molar-refractivity contribution in [2.24, 2.45) is 0 Å². The summed E-state index contributed by atoms with van der Waals surface area (Å²) in [6.07, 6.45) is 1.82. The number of aromatic nitrogens is 3. The van der Waals surface area contributed by atoms with Gasteiger partial charge < -0.3 is 5.73 Å². The van der Waals surface area contributed by atoms with Gasteiger partial charge in [0.2, 0.25) is 5.95 Å². The Kier molecular flexibility index (Phi) is 4.16. The number of nitrogens with zero attached hydrogens (tertiary/aromatic N) is 4. The number of anilines is 1. The van der Waals surface area contributed by atoms with Crippen molar-refractivity contribution in [1.29, 1.82) is 0 Å². The topological polar surface area (TPSA) is 93.6 Å². The fraction of sp³-hybridized carbons (Fsp3) is 0.333. The number of sulfone groups is 1. The molecule has 0 saturated carbocycles. The van der Waals surface area contributed by atoms with E-state index in [1.165, 1.54) is 0 Å². The molecule has 0 spiro atoms. The molecule has 136 valence electrons. The lowest BCUT2D eigenvalue weighted by molar-refractivity contribution is 0.176. The van der Waals surface area contributed by atoms with Crippen LogP contribution in [-0.2, 0) is 16.4 Å². The number of pyridine rings is 1. The summed E-state index contributed by atoms with van der Waals surface area (Å²) >= 11 is 0. The number of fused-ring (bicyclic) bond motifs is 1. The first-order valence-electron chi connectivity index (χ1n) is 8.60. The van der Waals surface area contributed by atoms with E-state index >= 15 is 0 Å². The van der Waals surface area contributed by atoms with Gasteiger partial charge in [0, 0.05) is 37.1 Å². The van der Waals surface area contributed by atoms with E-state index in [0.29, 0.717) is 13.1 Å². The van der Waals surface area contributed by atoms with Crippen LogP contribution in [0.15, 0.2) is 42.6 Å². The van der Waals surface area contributed by atoms with Crippen molar-refractivity contribution < 1.29 is 8.42 Å². The summed E-state index contributed by atoms with van der Waals surface area (Å²) in [5.74, 6) is 0.474. The molecule has 1 saturated heterocycles.